The highest BCUT2D eigenvalue weighted by Gasteiger charge is 2.28. The highest BCUT2D eigenvalue weighted by molar-refractivity contribution is 5.80. The monoisotopic (exact) mass is 237 g/mol. The first-order valence-electron chi connectivity index (χ1n) is 6.91. The third-order valence-electron chi connectivity index (χ3n) is 4.08. The molecule has 2 N–H and O–H groups in total. The molecule has 3 heteroatoms. The molecule has 0 radical (unpaired) electrons. The molecule has 0 atom stereocenters. The van der Waals surface area contributed by atoms with Crippen LogP contribution in [0.1, 0.15) is 53.4 Å². The van der Waals surface area contributed by atoms with Gasteiger partial charge in [-0.1, -0.05) is 27.7 Å². The van der Waals surface area contributed by atoms with E-state index >= 15 is 0 Å². The van der Waals surface area contributed by atoms with E-state index in [1.54, 1.807) is 0 Å². The van der Waals surface area contributed by atoms with E-state index in [4.69, 9.17) is 0 Å². The molecule has 0 aromatic heterocycles. The van der Waals surface area contributed by atoms with Gasteiger partial charge in [0.25, 0.3) is 0 Å². The lowest BCUT2D eigenvalue weighted by Gasteiger charge is -2.36. The summed E-state index contributed by atoms with van der Waals surface area (Å²) in [5, 5.41) is 6.99. The predicted molar refractivity (Wildman–Crippen MR) is 73.3 cm³/mol. The van der Waals surface area contributed by atoms with E-state index in [1.807, 2.05) is 0 Å². The summed E-state index contributed by atoms with van der Waals surface area (Å²) in [6, 6.07) is 0.621. The van der Waals surface area contributed by atoms with Gasteiger partial charge in [-0.25, -0.2) is 0 Å². The summed E-state index contributed by atoms with van der Waals surface area (Å²) < 4.78 is 0. The molecule has 17 heavy (non-hydrogen) atoms. The van der Waals surface area contributed by atoms with E-state index in [2.05, 4.69) is 43.3 Å². The summed E-state index contributed by atoms with van der Waals surface area (Å²) in [6.45, 7) is 11.2. The van der Waals surface area contributed by atoms with Crippen molar-refractivity contribution < 1.29 is 0 Å². The first-order chi connectivity index (χ1) is 7.86. The zero-order valence-corrected chi connectivity index (χ0v) is 11.8. The first kappa shape index (κ1) is 12.7. The Labute approximate surface area is 105 Å². The van der Waals surface area contributed by atoms with Crippen LogP contribution in [-0.4, -0.2) is 25.1 Å². The lowest BCUT2D eigenvalue weighted by atomic mass is 9.75. The fourth-order valence-electron chi connectivity index (χ4n) is 2.56. The van der Waals surface area contributed by atoms with Crippen molar-refractivity contribution in [3.8, 4) is 0 Å². The normalized spacial score (nSPS) is 28.1. The minimum Gasteiger partial charge on any atom is -0.356 e. The van der Waals surface area contributed by atoms with Crippen molar-refractivity contribution in [2.45, 2.75) is 59.4 Å². The minimum atomic E-state index is 0.305. The van der Waals surface area contributed by atoms with Gasteiger partial charge in [0.2, 0.25) is 0 Å². The number of rotatable bonds is 1. The Morgan fingerprint density at radius 2 is 1.76 bits per heavy atom. The van der Waals surface area contributed by atoms with Crippen LogP contribution >= 0.6 is 0 Å². The van der Waals surface area contributed by atoms with Gasteiger partial charge >= 0.3 is 0 Å². The smallest absolute Gasteiger partial charge is 0.191 e. The quantitative estimate of drug-likeness (QED) is 0.735. The highest BCUT2D eigenvalue weighted by Crippen LogP contribution is 2.35. The number of nitrogens with zero attached hydrogens (tertiary/aromatic N) is 1. The van der Waals surface area contributed by atoms with Gasteiger partial charge in [0.15, 0.2) is 5.96 Å². The molecule has 0 amide bonds. The van der Waals surface area contributed by atoms with Crippen molar-refractivity contribution in [2.75, 3.05) is 13.1 Å². The summed E-state index contributed by atoms with van der Waals surface area (Å²) in [5.74, 6) is 1.02. The molecular weight excluding hydrogens is 210 g/mol. The Morgan fingerprint density at radius 3 is 2.29 bits per heavy atom. The van der Waals surface area contributed by atoms with Gasteiger partial charge in [-0.2, -0.15) is 0 Å². The van der Waals surface area contributed by atoms with E-state index in [-0.39, 0.29) is 0 Å². The molecule has 0 aromatic carbocycles. The van der Waals surface area contributed by atoms with Crippen LogP contribution < -0.4 is 10.6 Å². The Hall–Kier alpha value is -0.730. The topological polar surface area (TPSA) is 36.4 Å². The maximum atomic E-state index is 4.61. The molecule has 0 aromatic rings. The summed E-state index contributed by atoms with van der Waals surface area (Å²) in [6.07, 6.45) is 5.20. The van der Waals surface area contributed by atoms with Gasteiger partial charge < -0.3 is 10.6 Å². The van der Waals surface area contributed by atoms with Crippen molar-refractivity contribution in [1.29, 1.82) is 0 Å². The molecule has 98 valence electrons. The standard InChI is InChI=1S/C14H27N3/c1-13(2)7-5-11(6-8-13)17-12-15-9-14(3,4)10-16-12/h11H,5-10H2,1-4H3,(H2,15,16,17). The average molecular weight is 237 g/mol. The van der Waals surface area contributed by atoms with Crippen LogP contribution in [0.15, 0.2) is 4.99 Å². The van der Waals surface area contributed by atoms with E-state index in [0.29, 0.717) is 16.9 Å². The van der Waals surface area contributed by atoms with E-state index in [9.17, 15) is 0 Å². The molecule has 3 nitrogen and oxygen atoms in total. The molecule has 0 unspecified atom stereocenters. The molecule has 1 saturated carbocycles. The fourth-order valence-corrected chi connectivity index (χ4v) is 2.56. The molecular formula is C14H27N3. The van der Waals surface area contributed by atoms with Gasteiger partial charge in [0.1, 0.15) is 0 Å². The number of hydrogen-bond donors (Lipinski definition) is 2. The molecule has 1 aliphatic heterocycles. The molecule has 0 saturated heterocycles. The van der Waals surface area contributed by atoms with Gasteiger partial charge in [0.05, 0.1) is 0 Å². The van der Waals surface area contributed by atoms with Crippen molar-refractivity contribution >= 4 is 5.96 Å². The average Bonchev–Trinajstić information content (AvgIpc) is 2.24. The van der Waals surface area contributed by atoms with Crippen LogP contribution in [0, 0.1) is 10.8 Å². The first-order valence-corrected chi connectivity index (χ1v) is 6.91. The number of guanidine groups is 1. The van der Waals surface area contributed by atoms with Crippen molar-refractivity contribution in [3.05, 3.63) is 0 Å². The van der Waals surface area contributed by atoms with Gasteiger partial charge in [-0.15, -0.1) is 0 Å². The summed E-state index contributed by atoms with van der Waals surface area (Å²) >= 11 is 0. The number of nitrogens with one attached hydrogen (secondary N) is 2. The fraction of sp³-hybridized carbons (Fsp3) is 0.929. The molecule has 2 aliphatic rings. The predicted octanol–water partition coefficient (Wildman–Crippen LogP) is 2.53. The second kappa shape index (κ2) is 4.51. The van der Waals surface area contributed by atoms with Gasteiger partial charge in [-0.3, -0.25) is 4.99 Å². The highest BCUT2D eigenvalue weighted by atomic mass is 15.2. The molecule has 1 fully saturated rings. The minimum absolute atomic E-state index is 0.305. The van der Waals surface area contributed by atoms with Crippen LogP contribution in [0.5, 0.6) is 0 Å². The van der Waals surface area contributed by atoms with Crippen LogP contribution in [0.3, 0.4) is 0 Å². The molecule has 0 bridgehead atoms. The van der Waals surface area contributed by atoms with Crippen LogP contribution in [0.25, 0.3) is 0 Å². The Bertz CT molecular complexity index is 295. The lowest BCUT2D eigenvalue weighted by Crippen LogP contribution is -2.51. The molecule has 0 spiro atoms. The Balaban J connectivity index is 1.81. The van der Waals surface area contributed by atoms with E-state index in [1.165, 1.54) is 25.7 Å². The number of hydrogen-bond acceptors (Lipinski definition) is 3. The van der Waals surface area contributed by atoms with Crippen LogP contribution in [-0.2, 0) is 0 Å². The third-order valence-corrected chi connectivity index (χ3v) is 4.08. The Morgan fingerprint density at radius 1 is 1.12 bits per heavy atom. The number of aliphatic imine (C=N–C) groups is 1. The summed E-state index contributed by atoms with van der Waals surface area (Å²) in [7, 11) is 0. The zero-order chi connectivity index (χ0) is 12.5. The Kier molecular flexibility index (Phi) is 3.37. The van der Waals surface area contributed by atoms with Crippen molar-refractivity contribution in [3.63, 3.8) is 0 Å². The summed E-state index contributed by atoms with van der Waals surface area (Å²) in [5.41, 5.74) is 0.849. The maximum Gasteiger partial charge on any atom is 0.191 e. The lowest BCUT2D eigenvalue weighted by molar-refractivity contribution is 0.215. The molecule has 2 rings (SSSR count). The van der Waals surface area contributed by atoms with Crippen molar-refractivity contribution in [2.24, 2.45) is 15.8 Å². The zero-order valence-electron chi connectivity index (χ0n) is 11.8. The van der Waals surface area contributed by atoms with E-state index < -0.39 is 0 Å². The SMILES string of the molecule is CC1(C)CCC(NC2=NCC(C)(C)CN2)CC1. The largest absolute Gasteiger partial charge is 0.356 e. The summed E-state index contributed by atoms with van der Waals surface area (Å²) in [4.78, 5) is 4.61. The maximum absolute atomic E-state index is 4.61. The second-order valence-electron chi connectivity index (χ2n) is 7.27. The van der Waals surface area contributed by atoms with Gasteiger partial charge in [-0.05, 0) is 31.1 Å². The second-order valence-corrected chi connectivity index (χ2v) is 7.27. The van der Waals surface area contributed by atoms with Crippen LogP contribution in [0.2, 0.25) is 0 Å². The molecule has 1 aliphatic carbocycles. The van der Waals surface area contributed by atoms with E-state index in [0.717, 1.165) is 19.0 Å². The third kappa shape index (κ3) is 3.62. The van der Waals surface area contributed by atoms with Crippen molar-refractivity contribution in [1.82, 2.24) is 10.6 Å². The van der Waals surface area contributed by atoms with Gasteiger partial charge in [0, 0.05) is 24.5 Å². The van der Waals surface area contributed by atoms with Crippen LogP contribution in [0.4, 0.5) is 0 Å². The molecule has 1 heterocycles.